The van der Waals surface area contributed by atoms with E-state index in [-0.39, 0.29) is 17.7 Å². The molecule has 7 nitrogen and oxygen atoms in total. The van der Waals surface area contributed by atoms with Crippen molar-refractivity contribution in [1.82, 2.24) is 25.2 Å². The Morgan fingerprint density at radius 2 is 2.03 bits per heavy atom. The van der Waals surface area contributed by atoms with E-state index in [0.29, 0.717) is 28.7 Å². The largest absolute Gasteiger partial charge is 0.507 e. The van der Waals surface area contributed by atoms with Crippen LogP contribution in [0.3, 0.4) is 0 Å². The number of aromatic hydroxyl groups is 1. The van der Waals surface area contributed by atoms with E-state index in [4.69, 9.17) is 0 Å². The number of hydrogen-bond donors (Lipinski definition) is 1. The average Bonchev–Trinajstić information content (AvgIpc) is 3.41. The molecule has 2 aromatic heterocycles. The monoisotopic (exact) mass is 394 g/mol. The third kappa shape index (κ3) is 3.22. The zero-order chi connectivity index (χ0) is 20.0. The van der Waals surface area contributed by atoms with Gasteiger partial charge >= 0.3 is 0 Å². The molecule has 8 heteroatoms. The molecule has 2 fully saturated rings. The van der Waals surface area contributed by atoms with Crippen LogP contribution in [0.2, 0.25) is 0 Å². The second kappa shape index (κ2) is 7.09. The molecule has 1 aromatic carbocycles. The van der Waals surface area contributed by atoms with Crippen LogP contribution in [0.15, 0.2) is 42.7 Å². The van der Waals surface area contributed by atoms with Gasteiger partial charge in [0.25, 0.3) is 0 Å². The van der Waals surface area contributed by atoms with Gasteiger partial charge in [0.05, 0.1) is 29.8 Å². The number of rotatable bonds is 4. The lowest BCUT2D eigenvalue weighted by Crippen LogP contribution is -2.46. The summed E-state index contributed by atoms with van der Waals surface area (Å²) in [4.78, 5) is 1.93. The molecule has 0 spiro atoms. The number of benzene rings is 1. The number of fused-ring (bicyclic) bond motifs is 2. The van der Waals surface area contributed by atoms with Crippen molar-refractivity contribution in [3.05, 3.63) is 42.7 Å². The highest BCUT2D eigenvalue weighted by Crippen LogP contribution is 2.45. The van der Waals surface area contributed by atoms with Crippen LogP contribution >= 0.6 is 0 Å². The highest BCUT2D eigenvalue weighted by Gasteiger charge is 2.44. The molecule has 0 unspecified atom stereocenters. The number of aromatic nitrogens is 5. The molecule has 150 valence electrons. The van der Waals surface area contributed by atoms with Crippen molar-refractivity contribution in [2.75, 3.05) is 11.9 Å². The zero-order valence-corrected chi connectivity index (χ0v) is 16.2. The van der Waals surface area contributed by atoms with E-state index in [1.165, 1.54) is 0 Å². The molecule has 3 aromatic rings. The SMILES string of the molecule is CN(c1ccc(-c2ccc(-n3ccnn3)cc2O)nn1)[C@H]1C[C@@H]2CC[C@@H](C2)[C@H]1F. The molecule has 4 atom stereocenters. The van der Waals surface area contributed by atoms with Crippen LogP contribution in [0, 0.1) is 11.8 Å². The van der Waals surface area contributed by atoms with Gasteiger partial charge in [-0.2, -0.15) is 0 Å². The molecule has 29 heavy (non-hydrogen) atoms. The highest BCUT2D eigenvalue weighted by molar-refractivity contribution is 5.69. The molecule has 1 N–H and O–H groups in total. The van der Waals surface area contributed by atoms with Gasteiger partial charge in [-0.25, -0.2) is 9.07 Å². The molecule has 0 amide bonds. The molecular formula is C21H23FN6O. The Hall–Kier alpha value is -3.03. The second-order valence-electron chi connectivity index (χ2n) is 8.12. The molecule has 2 bridgehead atoms. The maximum atomic E-state index is 14.9. The fraction of sp³-hybridized carbons (Fsp3) is 0.429. The summed E-state index contributed by atoms with van der Waals surface area (Å²) >= 11 is 0. The van der Waals surface area contributed by atoms with E-state index in [2.05, 4.69) is 20.5 Å². The van der Waals surface area contributed by atoms with Crippen LogP contribution in [0.4, 0.5) is 10.2 Å². The van der Waals surface area contributed by atoms with Crippen molar-refractivity contribution in [3.63, 3.8) is 0 Å². The number of nitrogens with zero attached hydrogens (tertiary/aromatic N) is 6. The first-order chi connectivity index (χ1) is 14.1. The molecular weight excluding hydrogens is 371 g/mol. The maximum absolute atomic E-state index is 14.9. The van der Waals surface area contributed by atoms with Gasteiger partial charge in [-0.3, -0.25) is 0 Å². The highest BCUT2D eigenvalue weighted by atomic mass is 19.1. The summed E-state index contributed by atoms with van der Waals surface area (Å²) < 4.78 is 16.5. The van der Waals surface area contributed by atoms with E-state index in [1.54, 1.807) is 29.2 Å². The van der Waals surface area contributed by atoms with Gasteiger partial charge in [0.2, 0.25) is 0 Å². The van der Waals surface area contributed by atoms with Crippen LogP contribution < -0.4 is 4.90 Å². The molecule has 2 aliphatic carbocycles. The van der Waals surface area contributed by atoms with Gasteiger partial charge in [0.15, 0.2) is 5.82 Å². The van der Waals surface area contributed by atoms with Crippen molar-refractivity contribution in [1.29, 1.82) is 0 Å². The van der Waals surface area contributed by atoms with Gasteiger partial charge in [-0.1, -0.05) is 5.21 Å². The average molecular weight is 394 g/mol. The summed E-state index contributed by atoms with van der Waals surface area (Å²) in [6.07, 6.45) is 6.52. The van der Waals surface area contributed by atoms with Crippen LogP contribution in [0.5, 0.6) is 5.75 Å². The van der Waals surface area contributed by atoms with Gasteiger partial charge in [0, 0.05) is 18.7 Å². The minimum Gasteiger partial charge on any atom is -0.507 e. The predicted octanol–water partition coefficient (Wildman–Crippen LogP) is 3.39. The standard InChI is InChI=1S/C21H23FN6O/c1-27(18-11-13-2-3-14(10-13)21(18)22)20-7-6-17(24-25-20)16-5-4-15(12-19(16)29)28-9-8-23-26-28/h4-9,12-14,18,21,29H,2-3,10-11H2,1H3/t13-,14+,18+,21-/m1/s1. The number of anilines is 1. The lowest BCUT2D eigenvalue weighted by molar-refractivity contribution is 0.144. The fourth-order valence-corrected chi connectivity index (χ4v) is 4.83. The van der Waals surface area contributed by atoms with Crippen LogP contribution in [0.1, 0.15) is 25.7 Å². The first-order valence-corrected chi connectivity index (χ1v) is 10.0. The lowest BCUT2D eigenvalue weighted by Gasteiger charge is -2.38. The van der Waals surface area contributed by atoms with Crippen LogP contribution in [-0.2, 0) is 0 Å². The Labute approximate surface area is 168 Å². The van der Waals surface area contributed by atoms with Crippen molar-refractivity contribution in [2.45, 2.75) is 37.9 Å². The van der Waals surface area contributed by atoms with Gasteiger partial charge in [-0.05, 0) is 61.8 Å². The van der Waals surface area contributed by atoms with Crippen molar-refractivity contribution in [3.8, 4) is 22.7 Å². The van der Waals surface area contributed by atoms with E-state index >= 15 is 0 Å². The Kier molecular flexibility index (Phi) is 4.41. The van der Waals surface area contributed by atoms with Gasteiger partial charge in [0.1, 0.15) is 11.9 Å². The summed E-state index contributed by atoms with van der Waals surface area (Å²) in [5.74, 6) is 1.56. The number of phenols is 1. The number of alkyl halides is 1. The Morgan fingerprint density at radius 1 is 1.14 bits per heavy atom. The number of phenolic OH excluding ortho intramolecular Hbond substituents is 1. The first kappa shape index (κ1) is 18.0. The molecule has 5 rings (SSSR count). The Morgan fingerprint density at radius 3 is 2.76 bits per heavy atom. The van der Waals surface area contributed by atoms with Crippen molar-refractivity contribution < 1.29 is 9.50 Å². The molecule has 2 heterocycles. The second-order valence-corrected chi connectivity index (χ2v) is 8.12. The number of hydrogen-bond acceptors (Lipinski definition) is 6. The van der Waals surface area contributed by atoms with Crippen LogP contribution in [0.25, 0.3) is 16.9 Å². The summed E-state index contributed by atoms with van der Waals surface area (Å²) in [6.45, 7) is 0. The smallest absolute Gasteiger partial charge is 0.151 e. The van der Waals surface area contributed by atoms with E-state index in [9.17, 15) is 9.50 Å². The third-order valence-electron chi connectivity index (χ3n) is 6.43. The zero-order valence-electron chi connectivity index (χ0n) is 16.2. The Bertz CT molecular complexity index is 993. The molecule has 0 saturated heterocycles. The summed E-state index contributed by atoms with van der Waals surface area (Å²) in [5.41, 5.74) is 1.84. The minimum absolute atomic E-state index is 0.0843. The maximum Gasteiger partial charge on any atom is 0.151 e. The summed E-state index contributed by atoms with van der Waals surface area (Å²) in [7, 11) is 1.90. The van der Waals surface area contributed by atoms with Crippen molar-refractivity contribution >= 4 is 5.82 Å². The quantitative estimate of drug-likeness (QED) is 0.731. The molecule has 0 aliphatic heterocycles. The van der Waals surface area contributed by atoms with E-state index in [1.807, 2.05) is 30.1 Å². The predicted molar refractivity (Wildman–Crippen MR) is 107 cm³/mol. The van der Waals surface area contributed by atoms with Gasteiger partial charge < -0.3 is 10.0 Å². The number of halogens is 1. The van der Waals surface area contributed by atoms with E-state index < -0.39 is 6.17 Å². The lowest BCUT2D eigenvalue weighted by atomic mass is 9.83. The first-order valence-electron chi connectivity index (χ1n) is 10.0. The summed E-state index contributed by atoms with van der Waals surface area (Å²) in [5, 5.41) is 26.7. The Balaban J connectivity index is 1.36. The molecule has 2 aliphatic rings. The van der Waals surface area contributed by atoms with E-state index in [0.717, 1.165) is 25.7 Å². The third-order valence-corrected chi connectivity index (χ3v) is 6.43. The molecule has 2 saturated carbocycles. The topological polar surface area (TPSA) is 80.0 Å². The van der Waals surface area contributed by atoms with Crippen molar-refractivity contribution in [2.24, 2.45) is 11.8 Å². The fourth-order valence-electron chi connectivity index (χ4n) is 4.83. The summed E-state index contributed by atoms with van der Waals surface area (Å²) in [6, 6.07) is 8.73. The van der Waals surface area contributed by atoms with Crippen LogP contribution in [-0.4, -0.2) is 49.6 Å². The normalized spacial score (nSPS) is 25.9. The minimum atomic E-state index is -0.811. The van der Waals surface area contributed by atoms with Gasteiger partial charge in [-0.15, -0.1) is 15.3 Å². The molecule has 0 radical (unpaired) electrons.